The van der Waals surface area contributed by atoms with E-state index in [1.54, 1.807) is 0 Å². The Labute approximate surface area is 123 Å². The van der Waals surface area contributed by atoms with E-state index in [-0.39, 0.29) is 6.10 Å². The van der Waals surface area contributed by atoms with Crippen LogP contribution in [0.25, 0.3) is 0 Å². The number of hydrogen-bond acceptors (Lipinski definition) is 2. The van der Waals surface area contributed by atoms with E-state index in [2.05, 4.69) is 36.4 Å². The number of benzene rings is 1. The zero-order chi connectivity index (χ0) is 14.8. The predicted octanol–water partition coefficient (Wildman–Crippen LogP) is 4.32. The van der Waals surface area contributed by atoms with E-state index >= 15 is 0 Å². The molecule has 0 spiro atoms. The summed E-state index contributed by atoms with van der Waals surface area (Å²) in [4.78, 5) is 0. The van der Waals surface area contributed by atoms with E-state index < -0.39 is 0 Å². The quantitative estimate of drug-likeness (QED) is 0.534. The highest BCUT2D eigenvalue weighted by Crippen LogP contribution is 2.24. The molecule has 0 heterocycles. The summed E-state index contributed by atoms with van der Waals surface area (Å²) < 4.78 is 5.77. The van der Waals surface area contributed by atoms with Crippen molar-refractivity contribution in [2.45, 2.75) is 58.6 Å². The summed E-state index contributed by atoms with van der Waals surface area (Å²) in [5.74, 6) is 3.66. The van der Waals surface area contributed by atoms with Crippen molar-refractivity contribution in [2.24, 2.45) is 0 Å². The van der Waals surface area contributed by atoms with Crippen LogP contribution < -0.4 is 10.1 Å². The Morgan fingerprint density at radius 2 is 2.15 bits per heavy atom. The van der Waals surface area contributed by atoms with Crippen LogP contribution in [0.5, 0.6) is 5.75 Å². The molecule has 0 saturated carbocycles. The summed E-state index contributed by atoms with van der Waals surface area (Å²) in [6.07, 6.45) is 9.63. The first kappa shape index (κ1) is 16.6. The molecule has 1 rings (SSSR count). The van der Waals surface area contributed by atoms with E-state index in [1.165, 1.54) is 5.56 Å². The van der Waals surface area contributed by atoms with Gasteiger partial charge in [0.05, 0.1) is 6.10 Å². The molecule has 1 atom stereocenters. The van der Waals surface area contributed by atoms with Crippen molar-refractivity contribution < 1.29 is 4.74 Å². The Morgan fingerprint density at radius 1 is 1.35 bits per heavy atom. The average Bonchev–Trinajstić information content (AvgIpc) is 2.42. The number of terminal acetylenes is 1. The minimum absolute atomic E-state index is 0.203. The van der Waals surface area contributed by atoms with Gasteiger partial charge in [0.15, 0.2) is 0 Å². The highest BCUT2D eigenvalue weighted by Gasteiger charge is 2.11. The lowest BCUT2D eigenvalue weighted by atomic mass is 10.0. The summed E-state index contributed by atoms with van der Waals surface area (Å²) in [7, 11) is 0. The van der Waals surface area contributed by atoms with Gasteiger partial charge in [-0.25, -0.2) is 0 Å². The third-order valence-electron chi connectivity index (χ3n) is 3.09. The second kappa shape index (κ2) is 9.44. The summed E-state index contributed by atoms with van der Waals surface area (Å²) in [6.45, 7) is 7.30. The molecule has 0 aliphatic rings. The fourth-order valence-electron chi connectivity index (χ4n) is 2.19. The topological polar surface area (TPSA) is 21.3 Å². The van der Waals surface area contributed by atoms with Crippen molar-refractivity contribution in [2.75, 3.05) is 6.54 Å². The van der Waals surface area contributed by atoms with Gasteiger partial charge in [-0.15, -0.1) is 12.3 Å². The van der Waals surface area contributed by atoms with Gasteiger partial charge in [0, 0.05) is 12.5 Å². The Balaban J connectivity index is 2.74. The van der Waals surface area contributed by atoms with E-state index in [0.29, 0.717) is 6.04 Å². The molecular weight excluding hydrogens is 246 g/mol. The van der Waals surface area contributed by atoms with Gasteiger partial charge >= 0.3 is 0 Å². The molecule has 2 nitrogen and oxygen atoms in total. The van der Waals surface area contributed by atoms with Gasteiger partial charge in [-0.05, 0) is 57.4 Å². The lowest BCUT2D eigenvalue weighted by Crippen LogP contribution is -2.22. The van der Waals surface area contributed by atoms with E-state index in [9.17, 15) is 0 Å². The van der Waals surface area contributed by atoms with Gasteiger partial charge in [0.1, 0.15) is 5.75 Å². The largest absolute Gasteiger partial charge is 0.491 e. The molecule has 0 saturated heterocycles. The zero-order valence-electron chi connectivity index (χ0n) is 13.0. The highest BCUT2D eigenvalue weighted by molar-refractivity contribution is 5.30. The Bertz CT molecular complexity index is 420. The van der Waals surface area contributed by atoms with Crippen LogP contribution in [0.3, 0.4) is 0 Å². The SMILES string of the molecule is C#CCCCC(NCCC)c1cccc(OC(C)C)c1. The maximum Gasteiger partial charge on any atom is 0.120 e. The molecule has 2 heteroatoms. The van der Waals surface area contributed by atoms with Crippen molar-refractivity contribution in [3.63, 3.8) is 0 Å². The lowest BCUT2D eigenvalue weighted by Gasteiger charge is -2.20. The Kier molecular flexibility index (Phi) is 7.84. The number of hydrogen-bond donors (Lipinski definition) is 1. The zero-order valence-corrected chi connectivity index (χ0v) is 13.0. The van der Waals surface area contributed by atoms with Crippen molar-refractivity contribution in [1.82, 2.24) is 5.32 Å². The van der Waals surface area contributed by atoms with Crippen LogP contribution in [0.2, 0.25) is 0 Å². The maximum atomic E-state index is 5.77. The third-order valence-corrected chi connectivity index (χ3v) is 3.09. The molecule has 1 aromatic rings. The molecule has 1 unspecified atom stereocenters. The third kappa shape index (κ3) is 6.12. The fraction of sp³-hybridized carbons (Fsp3) is 0.556. The molecule has 0 radical (unpaired) electrons. The number of nitrogens with one attached hydrogen (secondary N) is 1. The van der Waals surface area contributed by atoms with Crippen LogP contribution >= 0.6 is 0 Å². The first-order valence-electron chi connectivity index (χ1n) is 7.60. The Morgan fingerprint density at radius 3 is 2.80 bits per heavy atom. The fourth-order valence-corrected chi connectivity index (χ4v) is 2.19. The lowest BCUT2D eigenvalue weighted by molar-refractivity contribution is 0.242. The predicted molar refractivity (Wildman–Crippen MR) is 85.9 cm³/mol. The summed E-state index contributed by atoms with van der Waals surface area (Å²) >= 11 is 0. The molecular formula is C18H27NO. The van der Waals surface area contributed by atoms with Crippen LogP contribution in [0.4, 0.5) is 0 Å². The van der Waals surface area contributed by atoms with Crippen LogP contribution in [-0.2, 0) is 0 Å². The molecule has 0 aliphatic carbocycles. The standard InChI is InChI=1S/C18H27NO/c1-5-7-8-12-18(19-13-6-2)16-10-9-11-17(14-16)20-15(3)4/h1,9-11,14-15,18-19H,6-8,12-13H2,2-4H3. The van der Waals surface area contributed by atoms with Gasteiger partial charge in [0.25, 0.3) is 0 Å². The van der Waals surface area contributed by atoms with E-state index in [4.69, 9.17) is 11.2 Å². The highest BCUT2D eigenvalue weighted by atomic mass is 16.5. The van der Waals surface area contributed by atoms with Gasteiger partial charge in [-0.3, -0.25) is 0 Å². The monoisotopic (exact) mass is 273 g/mol. The van der Waals surface area contributed by atoms with Gasteiger partial charge < -0.3 is 10.1 Å². The first-order valence-corrected chi connectivity index (χ1v) is 7.60. The van der Waals surface area contributed by atoms with Gasteiger partial charge in [0.2, 0.25) is 0 Å². The molecule has 0 amide bonds. The Hall–Kier alpha value is -1.46. The molecule has 0 bridgehead atoms. The maximum absolute atomic E-state index is 5.77. The molecule has 1 N–H and O–H groups in total. The molecule has 20 heavy (non-hydrogen) atoms. The smallest absolute Gasteiger partial charge is 0.120 e. The minimum Gasteiger partial charge on any atom is -0.491 e. The van der Waals surface area contributed by atoms with Crippen LogP contribution in [0.1, 0.15) is 58.1 Å². The summed E-state index contributed by atoms with van der Waals surface area (Å²) in [5.41, 5.74) is 1.29. The van der Waals surface area contributed by atoms with Gasteiger partial charge in [-0.2, -0.15) is 0 Å². The summed E-state index contributed by atoms with van der Waals surface area (Å²) in [5, 5.41) is 3.60. The van der Waals surface area contributed by atoms with Crippen molar-refractivity contribution in [3.8, 4) is 18.1 Å². The number of rotatable bonds is 9. The summed E-state index contributed by atoms with van der Waals surface area (Å²) in [6, 6.07) is 8.75. The van der Waals surface area contributed by atoms with Crippen LogP contribution in [0, 0.1) is 12.3 Å². The molecule has 0 aromatic heterocycles. The second-order valence-corrected chi connectivity index (χ2v) is 5.34. The van der Waals surface area contributed by atoms with Crippen molar-refractivity contribution in [1.29, 1.82) is 0 Å². The van der Waals surface area contributed by atoms with Crippen LogP contribution in [0.15, 0.2) is 24.3 Å². The molecule has 1 aromatic carbocycles. The van der Waals surface area contributed by atoms with E-state index in [0.717, 1.165) is 38.0 Å². The number of unbranched alkanes of at least 4 members (excludes halogenated alkanes) is 1. The first-order chi connectivity index (χ1) is 9.67. The normalized spacial score (nSPS) is 12.2. The molecule has 110 valence electrons. The molecule has 0 aliphatic heterocycles. The number of ether oxygens (including phenoxy) is 1. The molecule has 0 fully saturated rings. The van der Waals surface area contributed by atoms with Crippen LogP contribution in [-0.4, -0.2) is 12.6 Å². The van der Waals surface area contributed by atoms with Crippen molar-refractivity contribution in [3.05, 3.63) is 29.8 Å². The van der Waals surface area contributed by atoms with Crippen molar-refractivity contribution >= 4 is 0 Å². The minimum atomic E-state index is 0.203. The van der Waals surface area contributed by atoms with E-state index in [1.807, 2.05) is 19.9 Å². The van der Waals surface area contributed by atoms with Gasteiger partial charge in [-0.1, -0.05) is 19.1 Å². The second-order valence-electron chi connectivity index (χ2n) is 5.34. The average molecular weight is 273 g/mol.